The monoisotopic (exact) mass is 355 g/mol. The van der Waals surface area contributed by atoms with Crippen LogP contribution in [-0.4, -0.2) is 6.61 Å². The first-order valence-electron chi connectivity index (χ1n) is 6.53. The van der Waals surface area contributed by atoms with E-state index in [-0.39, 0.29) is 11.8 Å². The van der Waals surface area contributed by atoms with Crippen molar-refractivity contribution in [3.63, 3.8) is 0 Å². The molecule has 0 aromatic heterocycles. The number of benzene rings is 2. The molecule has 0 saturated carbocycles. The van der Waals surface area contributed by atoms with Gasteiger partial charge < -0.3 is 10.1 Å². The SMILES string of the molecule is Cc1cc(NC(C)c2ccc(OC(F)F)cc2)ccc1Br. The first-order chi connectivity index (χ1) is 9.95. The molecule has 2 rings (SSSR count). The van der Waals surface area contributed by atoms with Crippen molar-refractivity contribution in [2.45, 2.75) is 26.5 Å². The number of ether oxygens (including phenoxy) is 1. The molecule has 2 aromatic carbocycles. The Morgan fingerprint density at radius 3 is 2.33 bits per heavy atom. The summed E-state index contributed by atoms with van der Waals surface area (Å²) < 4.78 is 29.6. The normalized spacial score (nSPS) is 12.3. The van der Waals surface area contributed by atoms with Crippen LogP contribution in [0.15, 0.2) is 46.9 Å². The third-order valence-corrected chi connectivity index (χ3v) is 4.04. The fourth-order valence-electron chi connectivity index (χ4n) is 2.01. The van der Waals surface area contributed by atoms with E-state index < -0.39 is 6.61 Å². The number of anilines is 1. The van der Waals surface area contributed by atoms with Gasteiger partial charge in [-0.2, -0.15) is 8.78 Å². The van der Waals surface area contributed by atoms with Crippen LogP contribution >= 0.6 is 15.9 Å². The zero-order chi connectivity index (χ0) is 15.4. The Balaban J connectivity index is 2.05. The molecule has 1 unspecified atom stereocenters. The van der Waals surface area contributed by atoms with E-state index in [1.807, 2.05) is 26.0 Å². The van der Waals surface area contributed by atoms with Crippen LogP contribution in [0.2, 0.25) is 0 Å². The molecule has 0 amide bonds. The second kappa shape index (κ2) is 6.89. The van der Waals surface area contributed by atoms with Crippen LogP contribution < -0.4 is 10.1 Å². The van der Waals surface area contributed by atoms with E-state index in [1.165, 1.54) is 0 Å². The van der Waals surface area contributed by atoms with Gasteiger partial charge in [-0.25, -0.2) is 0 Å². The van der Waals surface area contributed by atoms with Crippen molar-refractivity contribution < 1.29 is 13.5 Å². The highest BCUT2D eigenvalue weighted by atomic mass is 79.9. The van der Waals surface area contributed by atoms with E-state index in [0.29, 0.717) is 0 Å². The van der Waals surface area contributed by atoms with Gasteiger partial charge in [-0.1, -0.05) is 28.1 Å². The Morgan fingerprint density at radius 2 is 1.76 bits per heavy atom. The number of nitrogens with one attached hydrogen (secondary N) is 1. The van der Waals surface area contributed by atoms with Crippen LogP contribution in [-0.2, 0) is 0 Å². The van der Waals surface area contributed by atoms with Crippen molar-refractivity contribution in [3.05, 3.63) is 58.1 Å². The number of halogens is 3. The molecule has 0 fully saturated rings. The maximum atomic E-state index is 12.1. The summed E-state index contributed by atoms with van der Waals surface area (Å²) in [5.74, 6) is 0.167. The maximum absolute atomic E-state index is 12.1. The quantitative estimate of drug-likeness (QED) is 0.760. The summed E-state index contributed by atoms with van der Waals surface area (Å²) in [5.41, 5.74) is 3.15. The van der Waals surface area contributed by atoms with Gasteiger partial charge in [-0.05, 0) is 55.3 Å². The molecule has 0 saturated heterocycles. The van der Waals surface area contributed by atoms with Crippen LogP contribution in [0.5, 0.6) is 5.75 Å². The second-order valence-corrected chi connectivity index (χ2v) is 5.63. The Hall–Kier alpha value is -1.62. The molecule has 1 N–H and O–H groups in total. The third-order valence-electron chi connectivity index (χ3n) is 3.15. The molecule has 0 aliphatic carbocycles. The molecule has 5 heteroatoms. The topological polar surface area (TPSA) is 21.3 Å². The molecular weight excluding hydrogens is 340 g/mol. The molecule has 112 valence electrons. The molecule has 0 aliphatic rings. The van der Waals surface area contributed by atoms with Gasteiger partial charge in [-0.3, -0.25) is 0 Å². The van der Waals surface area contributed by atoms with Crippen molar-refractivity contribution in [3.8, 4) is 5.75 Å². The van der Waals surface area contributed by atoms with Crippen molar-refractivity contribution in [1.29, 1.82) is 0 Å². The van der Waals surface area contributed by atoms with Crippen LogP contribution in [0, 0.1) is 6.92 Å². The first-order valence-corrected chi connectivity index (χ1v) is 7.32. The summed E-state index contributed by atoms with van der Waals surface area (Å²) in [4.78, 5) is 0. The fourth-order valence-corrected chi connectivity index (χ4v) is 2.25. The van der Waals surface area contributed by atoms with Crippen molar-refractivity contribution in [2.24, 2.45) is 0 Å². The van der Waals surface area contributed by atoms with Gasteiger partial charge >= 0.3 is 6.61 Å². The molecule has 2 nitrogen and oxygen atoms in total. The lowest BCUT2D eigenvalue weighted by Gasteiger charge is -2.17. The molecule has 0 heterocycles. The van der Waals surface area contributed by atoms with E-state index >= 15 is 0 Å². The highest BCUT2D eigenvalue weighted by Crippen LogP contribution is 2.25. The average Bonchev–Trinajstić information content (AvgIpc) is 2.43. The number of hydrogen-bond acceptors (Lipinski definition) is 2. The van der Waals surface area contributed by atoms with Crippen LogP contribution in [0.3, 0.4) is 0 Å². The third kappa shape index (κ3) is 4.43. The Kier molecular flexibility index (Phi) is 5.17. The number of rotatable bonds is 5. The van der Waals surface area contributed by atoms with Gasteiger partial charge in [-0.15, -0.1) is 0 Å². The summed E-state index contributed by atoms with van der Waals surface area (Å²) in [6.07, 6.45) is 0. The predicted molar refractivity (Wildman–Crippen MR) is 84.0 cm³/mol. The average molecular weight is 356 g/mol. The summed E-state index contributed by atoms with van der Waals surface area (Å²) in [5, 5.41) is 3.38. The van der Waals surface area contributed by atoms with Gasteiger partial charge in [0.15, 0.2) is 0 Å². The highest BCUT2D eigenvalue weighted by Gasteiger charge is 2.08. The maximum Gasteiger partial charge on any atom is 0.387 e. The molecule has 1 atom stereocenters. The van der Waals surface area contributed by atoms with Gasteiger partial charge in [0.2, 0.25) is 0 Å². The van der Waals surface area contributed by atoms with E-state index in [4.69, 9.17) is 0 Å². The van der Waals surface area contributed by atoms with Crippen molar-refractivity contribution in [1.82, 2.24) is 0 Å². The Morgan fingerprint density at radius 1 is 1.10 bits per heavy atom. The number of aryl methyl sites for hydroxylation is 1. The molecule has 2 aromatic rings. The minimum absolute atomic E-state index is 0.0613. The summed E-state index contributed by atoms with van der Waals surface area (Å²) >= 11 is 3.47. The summed E-state index contributed by atoms with van der Waals surface area (Å²) in [7, 11) is 0. The molecule has 0 spiro atoms. The minimum atomic E-state index is -2.79. The Bertz CT molecular complexity index is 602. The molecule has 21 heavy (non-hydrogen) atoms. The largest absolute Gasteiger partial charge is 0.435 e. The first kappa shape index (κ1) is 15.8. The molecular formula is C16H16BrF2NO. The number of hydrogen-bond donors (Lipinski definition) is 1. The van der Waals surface area contributed by atoms with Gasteiger partial charge in [0.1, 0.15) is 5.75 Å². The smallest absolute Gasteiger partial charge is 0.387 e. The van der Waals surface area contributed by atoms with Crippen molar-refractivity contribution >= 4 is 21.6 Å². The Labute approximate surface area is 131 Å². The van der Waals surface area contributed by atoms with Gasteiger partial charge in [0.25, 0.3) is 0 Å². The fraction of sp³-hybridized carbons (Fsp3) is 0.250. The van der Waals surface area contributed by atoms with Crippen LogP contribution in [0.25, 0.3) is 0 Å². The lowest BCUT2D eigenvalue weighted by molar-refractivity contribution is -0.0498. The highest BCUT2D eigenvalue weighted by molar-refractivity contribution is 9.10. The molecule has 0 aliphatic heterocycles. The van der Waals surface area contributed by atoms with Crippen LogP contribution in [0.1, 0.15) is 24.1 Å². The zero-order valence-electron chi connectivity index (χ0n) is 11.7. The predicted octanol–water partition coefficient (Wildman–Crippen LogP) is 5.53. The van der Waals surface area contributed by atoms with E-state index in [1.54, 1.807) is 24.3 Å². The number of alkyl halides is 2. The standard InChI is InChI=1S/C16H16BrF2NO/c1-10-9-13(5-8-15(10)17)20-11(2)12-3-6-14(7-4-12)21-16(18)19/h3-9,11,16,20H,1-2H3. The molecule has 0 radical (unpaired) electrons. The summed E-state index contributed by atoms with van der Waals surface area (Å²) in [6.45, 7) is 1.24. The zero-order valence-corrected chi connectivity index (χ0v) is 13.3. The van der Waals surface area contributed by atoms with Crippen LogP contribution in [0.4, 0.5) is 14.5 Å². The van der Waals surface area contributed by atoms with E-state index in [2.05, 4.69) is 32.0 Å². The van der Waals surface area contributed by atoms with E-state index in [0.717, 1.165) is 21.3 Å². The lowest BCUT2D eigenvalue weighted by Crippen LogP contribution is -2.07. The van der Waals surface area contributed by atoms with Gasteiger partial charge in [0, 0.05) is 16.2 Å². The minimum Gasteiger partial charge on any atom is -0.435 e. The lowest BCUT2D eigenvalue weighted by atomic mass is 10.1. The van der Waals surface area contributed by atoms with Gasteiger partial charge in [0.05, 0.1) is 0 Å². The van der Waals surface area contributed by atoms with Crippen molar-refractivity contribution in [2.75, 3.05) is 5.32 Å². The van der Waals surface area contributed by atoms with E-state index in [9.17, 15) is 8.78 Å². The summed E-state index contributed by atoms with van der Waals surface area (Å²) in [6, 6.07) is 12.7. The molecule has 0 bridgehead atoms. The second-order valence-electron chi connectivity index (χ2n) is 4.78.